The summed E-state index contributed by atoms with van der Waals surface area (Å²) in [6.45, 7) is 1.59. The van der Waals surface area contributed by atoms with E-state index in [1.54, 1.807) is 6.92 Å². The van der Waals surface area contributed by atoms with Crippen molar-refractivity contribution in [3.63, 3.8) is 0 Å². The molecule has 0 bridgehead atoms. The SMILES string of the molecule is COc1ccc(S(=O)(=O)Nc2ccc(C(=O)O)c(C)c2)cc1OC. The van der Waals surface area contributed by atoms with Crippen LogP contribution in [0.25, 0.3) is 0 Å². The third-order valence-corrected chi connectivity index (χ3v) is 4.75. The molecule has 24 heavy (non-hydrogen) atoms. The molecule has 0 saturated heterocycles. The van der Waals surface area contributed by atoms with Gasteiger partial charge in [0.25, 0.3) is 10.0 Å². The number of hydrogen-bond donors (Lipinski definition) is 2. The van der Waals surface area contributed by atoms with Crippen LogP contribution in [0, 0.1) is 6.92 Å². The van der Waals surface area contributed by atoms with E-state index >= 15 is 0 Å². The molecule has 0 spiro atoms. The topological polar surface area (TPSA) is 102 Å². The van der Waals surface area contributed by atoms with Crippen LogP contribution in [-0.2, 0) is 10.0 Å². The van der Waals surface area contributed by atoms with Crippen LogP contribution in [0.1, 0.15) is 15.9 Å². The van der Waals surface area contributed by atoms with Gasteiger partial charge < -0.3 is 14.6 Å². The minimum atomic E-state index is -3.85. The van der Waals surface area contributed by atoms with Crippen LogP contribution >= 0.6 is 0 Å². The molecular formula is C16H17NO6S. The lowest BCUT2D eigenvalue weighted by Crippen LogP contribution is -2.13. The molecule has 0 unspecified atom stereocenters. The maximum absolute atomic E-state index is 12.5. The summed E-state index contributed by atoms with van der Waals surface area (Å²) in [5.41, 5.74) is 0.839. The van der Waals surface area contributed by atoms with Gasteiger partial charge in [0, 0.05) is 11.8 Å². The zero-order valence-corrected chi connectivity index (χ0v) is 14.2. The number of carboxylic acids is 1. The van der Waals surface area contributed by atoms with E-state index in [0.717, 1.165) is 0 Å². The monoisotopic (exact) mass is 351 g/mol. The fourth-order valence-corrected chi connectivity index (χ4v) is 3.23. The fraction of sp³-hybridized carbons (Fsp3) is 0.188. The Hall–Kier alpha value is -2.74. The van der Waals surface area contributed by atoms with Crippen molar-refractivity contribution < 1.29 is 27.8 Å². The van der Waals surface area contributed by atoms with Gasteiger partial charge in [0.2, 0.25) is 0 Å². The zero-order chi connectivity index (χ0) is 17.9. The molecule has 0 heterocycles. The first-order chi connectivity index (χ1) is 11.3. The fourth-order valence-electron chi connectivity index (χ4n) is 2.16. The second kappa shape index (κ2) is 6.79. The number of aryl methyl sites for hydroxylation is 1. The molecule has 8 heteroatoms. The summed E-state index contributed by atoms with van der Waals surface area (Å²) in [6.07, 6.45) is 0. The molecule has 0 atom stereocenters. The van der Waals surface area contributed by atoms with Crippen LogP contribution < -0.4 is 14.2 Å². The summed E-state index contributed by atoms with van der Waals surface area (Å²) in [5.74, 6) is -0.363. The van der Waals surface area contributed by atoms with Crippen molar-refractivity contribution in [3.8, 4) is 11.5 Å². The van der Waals surface area contributed by atoms with Gasteiger partial charge in [-0.05, 0) is 42.8 Å². The van der Waals surface area contributed by atoms with Crippen molar-refractivity contribution in [3.05, 3.63) is 47.5 Å². The molecule has 2 aromatic carbocycles. The number of carbonyl (C=O) groups is 1. The zero-order valence-electron chi connectivity index (χ0n) is 13.4. The van der Waals surface area contributed by atoms with Gasteiger partial charge >= 0.3 is 5.97 Å². The minimum Gasteiger partial charge on any atom is -0.493 e. The predicted octanol–water partition coefficient (Wildman–Crippen LogP) is 2.51. The quantitative estimate of drug-likeness (QED) is 0.829. The maximum atomic E-state index is 12.5. The van der Waals surface area contributed by atoms with E-state index in [9.17, 15) is 13.2 Å². The number of sulfonamides is 1. The Morgan fingerprint density at radius 2 is 1.71 bits per heavy atom. The normalized spacial score (nSPS) is 11.0. The van der Waals surface area contributed by atoms with Crippen LogP contribution in [0.3, 0.4) is 0 Å². The molecule has 0 saturated carbocycles. The Kier molecular flexibility index (Phi) is 4.99. The van der Waals surface area contributed by atoms with E-state index in [2.05, 4.69) is 4.72 Å². The van der Waals surface area contributed by atoms with E-state index in [0.29, 0.717) is 11.3 Å². The van der Waals surface area contributed by atoms with Crippen molar-refractivity contribution in [2.24, 2.45) is 0 Å². The van der Waals surface area contributed by atoms with Crippen molar-refractivity contribution in [2.45, 2.75) is 11.8 Å². The van der Waals surface area contributed by atoms with Gasteiger partial charge in [0.15, 0.2) is 11.5 Å². The molecule has 2 aromatic rings. The molecule has 0 aromatic heterocycles. The number of aromatic carboxylic acids is 1. The third-order valence-electron chi connectivity index (χ3n) is 3.37. The Bertz CT molecular complexity index is 876. The second-order valence-corrected chi connectivity index (χ2v) is 6.64. The van der Waals surface area contributed by atoms with Gasteiger partial charge in [0.1, 0.15) is 0 Å². The Morgan fingerprint density at radius 1 is 1.04 bits per heavy atom. The third kappa shape index (κ3) is 3.60. The molecule has 2 rings (SSSR count). The summed E-state index contributed by atoms with van der Waals surface area (Å²) >= 11 is 0. The minimum absolute atomic E-state index is 0.000106. The lowest BCUT2D eigenvalue weighted by atomic mass is 10.1. The predicted molar refractivity (Wildman–Crippen MR) is 88.5 cm³/mol. The van der Waals surface area contributed by atoms with Crippen molar-refractivity contribution in [2.75, 3.05) is 18.9 Å². The van der Waals surface area contributed by atoms with Crippen LogP contribution in [0.4, 0.5) is 5.69 Å². The lowest BCUT2D eigenvalue weighted by Gasteiger charge is -2.12. The highest BCUT2D eigenvalue weighted by Gasteiger charge is 2.18. The lowest BCUT2D eigenvalue weighted by molar-refractivity contribution is 0.0696. The number of ether oxygens (including phenoxy) is 2. The highest BCUT2D eigenvalue weighted by molar-refractivity contribution is 7.92. The molecule has 0 aliphatic heterocycles. The molecule has 0 amide bonds. The smallest absolute Gasteiger partial charge is 0.335 e. The van der Waals surface area contributed by atoms with E-state index in [4.69, 9.17) is 14.6 Å². The highest BCUT2D eigenvalue weighted by Crippen LogP contribution is 2.30. The molecule has 0 aliphatic carbocycles. The summed E-state index contributed by atoms with van der Waals surface area (Å²) in [6, 6.07) is 8.44. The summed E-state index contributed by atoms with van der Waals surface area (Å²) in [5, 5.41) is 9.01. The molecular weight excluding hydrogens is 334 g/mol. The van der Waals surface area contributed by atoms with Crippen LogP contribution in [0.15, 0.2) is 41.3 Å². The van der Waals surface area contributed by atoms with Crippen LogP contribution in [-0.4, -0.2) is 33.7 Å². The van der Waals surface area contributed by atoms with Gasteiger partial charge in [-0.25, -0.2) is 13.2 Å². The van der Waals surface area contributed by atoms with E-state index in [1.807, 2.05) is 0 Å². The van der Waals surface area contributed by atoms with Crippen molar-refractivity contribution in [1.29, 1.82) is 0 Å². The summed E-state index contributed by atoms with van der Waals surface area (Å²) in [7, 11) is -0.986. The van der Waals surface area contributed by atoms with E-state index in [-0.39, 0.29) is 21.9 Å². The second-order valence-electron chi connectivity index (χ2n) is 4.96. The van der Waals surface area contributed by atoms with Gasteiger partial charge in [0.05, 0.1) is 24.7 Å². The van der Waals surface area contributed by atoms with Crippen molar-refractivity contribution >= 4 is 21.7 Å². The van der Waals surface area contributed by atoms with Gasteiger partial charge in [-0.3, -0.25) is 4.72 Å². The summed E-state index contributed by atoms with van der Waals surface area (Å²) < 4.78 is 37.5. The summed E-state index contributed by atoms with van der Waals surface area (Å²) in [4.78, 5) is 11.0. The number of methoxy groups -OCH3 is 2. The number of nitrogens with one attached hydrogen (secondary N) is 1. The largest absolute Gasteiger partial charge is 0.493 e. The molecule has 7 nitrogen and oxygen atoms in total. The average molecular weight is 351 g/mol. The number of anilines is 1. The van der Waals surface area contributed by atoms with Gasteiger partial charge in [-0.2, -0.15) is 0 Å². The highest BCUT2D eigenvalue weighted by atomic mass is 32.2. The van der Waals surface area contributed by atoms with Crippen molar-refractivity contribution in [1.82, 2.24) is 0 Å². The average Bonchev–Trinajstić information content (AvgIpc) is 2.53. The number of hydrogen-bond acceptors (Lipinski definition) is 5. The molecule has 128 valence electrons. The number of benzene rings is 2. The Morgan fingerprint density at radius 3 is 2.25 bits per heavy atom. The first-order valence-corrected chi connectivity index (χ1v) is 8.35. The Labute approximate surface area is 139 Å². The standard InChI is InChI=1S/C16H17NO6S/c1-10-8-11(4-6-13(10)16(18)19)17-24(20,21)12-5-7-14(22-2)15(9-12)23-3/h4-9,17H,1-3H3,(H,18,19). The van der Waals surface area contributed by atoms with E-state index in [1.165, 1.54) is 50.6 Å². The number of carboxylic acid groups (broad SMARTS) is 1. The van der Waals surface area contributed by atoms with Gasteiger partial charge in [-0.1, -0.05) is 0 Å². The first-order valence-electron chi connectivity index (χ1n) is 6.87. The van der Waals surface area contributed by atoms with Crippen LogP contribution in [0.2, 0.25) is 0 Å². The molecule has 0 fully saturated rings. The Balaban J connectivity index is 2.35. The molecule has 2 N–H and O–H groups in total. The molecule has 0 radical (unpaired) electrons. The van der Waals surface area contributed by atoms with E-state index < -0.39 is 16.0 Å². The molecule has 0 aliphatic rings. The van der Waals surface area contributed by atoms with Gasteiger partial charge in [-0.15, -0.1) is 0 Å². The number of rotatable bonds is 6. The maximum Gasteiger partial charge on any atom is 0.335 e. The van der Waals surface area contributed by atoms with Crippen LogP contribution in [0.5, 0.6) is 11.5 Å². The first kappa shape index (κ1) is 17.6.